The minimum absolute atomic E-state index is 0.161. The van der Waals surface area contributed by atoms with Gasteiger partial charge in [-0.15, -0.1) is 0 Å². The Labute approximate surface area is 149 Å². The van der Waals surface area contributed by atoms with Gasteiger partial charge in [-0.1, -0.05) is 35.9 Å². The van der Waals surface area contributed by atoms with Crippen molar-refractivity contribution in [3.05, 3.63) is 70.6 Å². The van der Waals surface area contributed by atoms with E-state index < -0.39 is 11.9 Å². The van der Waals surface area contributed by atoms with Gasteiger partial charge in [-0.3, -0.25) is 4.79 Å². The predicted octanol–water partition coefficient (Wildman–Crippen LogP) is 4.53. The van der Waals surface area contributed by atoms with Crippen molar-refractivity contribution in [1.82, 2.24) is 10.3 Å². The van der Waals surface area contributed by atoms with E-state index in [4.69, 9.17) is 16.3 Å². The maximum atomic E-state index is 13.9. The number of aromatic nitrogens is 1. The summed E-state index contributed by atoms with van der Waals surface area (Å²) >= 11 is 6.02. The number of benzene rings is 2. The highest BCUT2D eigenvalue weighted by Gasteiger charge is 2.16. The molecule has 0 saturated carbocycles. The summed E-state index contributed by atoms with van der Waals surface area (Å²) in [7, 11) is 1.40. The minimum atomic E-state index is -0.474. The van der Waals surface area contributed by atoms with E-state index in [1.54, 1.807) is 19.1 Å². The molecule has 1 unspecified atom stereocenters. The summed E-state index contributed by atoms with van der Waals surface area (Å²) in [5.41, 5.74) is 1.70. The molecule has 0 aliphatic carbocycles. The van der Waals surface area contributed by atoms with Gasteiger partial charge in [0.05, 0.1) is 24.2 Å². The summed E-state index contributed by atoms with van der Waals surface area (Å²) in [4.78, 5) is 16.9. The number of para-hydroxylation sites is 1. The summed E-state index contributed by atoms with van der Waals surface area (Å²) in [6.07, 6.45) is 0. The summed E-state index contributed by atoms with van der Waals surface area (Å²) in [6, 6.07) is 13.0. The van der Waals surface area contributed by atoms with Crippen LogP contribution in [-0.2, 0) is 0 Å². The number of hydrogen-bond donors (Lipinski definition) is 1. The number of methoxy groups -OCH3 is 1. The molecule has 0 aliphatic heterocycles. The quantitative estimate of drug-likeness (QED) is 0.697. The maximum Gasteiger partial charge on any atom is 0.252 e. The molecule has 25 heavy (non-hydrogen) atoms. The first-order chi connectivity index (χ1) is 12.0. The van der Waals surface area contributed by atoms with Crippen LogP contribution < -0.4 is 10.1 Å². The van der Waals surface area contributed by atoms with Crippen LogP contribution in [0, 0.1) is 5.82 Å². The van der Waals surface area contributed by atoms with Crippen molar-refractivity contribution in [2.24, 2.45) is 0 Å². The summed E-state index contributed by atoms with van der Waals surface area (Å²) in [5, 5.41) is 3.81. The Bertz CT molecular complexity index is 946. The molecule has 1 aromatic heterocycles. The van der Waals surface area contributed by atoms with Crippen molar-refractivity contribution in [3.8, 4) is 5.75 Å². The van der Waals surface area contributed by atoms with Crippen LogP contribution in [0.4, 0.5) is 4.39 Å². The Hall–Kier alpha value is -2.66. The topological polar surface area (TPSA) is 51.2 Å². The Balaban J connectivity index is 1.88. The van der Waals surface area contributed by atoms with Gasteiger partial charge in [0.15, 0.2) is 11.6 Å². The van der Waals surface area contributed by atoms with E-state index in [2.05, 4.69) is 10.3 Å². The lowest BCUT2D eigenvalue weighted by Gasteiger charge is -2.16. The minimum Gasteiger partial charge on any atom is -0.494 e. The molecule has 1 amide bonds. The summed E-state index contributed by atoms with van der Waals surface area (Å²) < 4.78 is 18.8. The zero-order chi connectivity index (χ0) is 18.0. The molecule has 0 spiro atoms. The molecule has 0 radical (unpaired) electrons. The van der Waals surface area contributed by atoms with Gasteiger partial charge in [0.1, 0.15) is 5.15 Å². The lowest BCUT2D eigenvalue weighted by atomic mass is 10.1. The largest absolute Gasteiger partial charge is 0.494 e. The Morgan fingerprint density at radius 1 is 1.24 bits per heavy atom. The SMILES string of the molecule is COc1ccc(C(C)NC(=O)c2cc(Cl)nc3ccccc23)cc1F. The van der Waals surface area contributed by atoms with Crippen LogP contribution in [0.15, 0.2) is 48.5 Å². The third-order valence-electron chi connectivity index (χ3n) is 3.95. The molecule has 4 nitrogen and oxygen atoms in total. The van der Waals surface area contributed by atoms with Gasteiger partial charge in [-0.2, -0.15) is 0 Å². The van der Waals surface area contributed by atoms with Crippen molar-refractivity contribution < 1.29 is 13.9 Å². The molecule has 128 valence electrons. The van der Waals surface area contributed by atoms with Gasteiger partial charge in [0.2, 0.25) is 0 Å². The summed E-state index contributed by atoms with van der Waals surface area (Å²) in [6.45, 7) is 1.78. The van der Waals surface area contributed by atoms with Gasteiger partial charge >= 0.3 is 0 Å². The normalized spacial score (nSPS) is 12.0. The van der Waals surface area contributed by atoms with E-state index in [9.17, 15) is 9.18 Å². The van der Waals surface area contributed by atoms with Gasteiger partial charge in [-0.25, -0.2) is 9.37 Å². The second kappa shape index (κ2) is 7.07. The van der Waals surface area contributed by atoms with Crippen molar-refractivity contribution in [2.45, 2.75) is 13.0 Å². The monoisotopic (exact) mass is 358 g/mol. The number of nitrogens with one attached hydrogen (secondary N) is 1. The third kappa shape index (κ3) is 3.56. The number of nitrogens with zero attached hydrogens (tertiary/aromatic N) is 1. The number of halogens is 2. The first-order valence-electron chi connectivity index (χ1n) is 7.69. The van der Waals surface area contributed by atoms with Crippen LogP contribution >= 0.6 is 11.6 Å². The van der Waals surface area contributed by atoms with Crippen molar-refractivity contribution in [1.29, 1.82) is 0 Å². The first kappa shape index (κ1) is 17.2. The number of ether oxygens (including phenoxy) is 1. The van der Waals surface area contributed by atoms with E-state index in [1.165, 1.54) is 25.3 Å². The summed E-state index contributed by atoms with van der Waals surface area (Å²) in [5.74, 6) is -0.614. The Morgan fingerprint density at radius 2 is 2.00 bits per heavy atom. The fourth-order valence-corrected chi connectivity index (χ4v) is 2.84. The average molecular weight is 359 g/mol. The molecule has 1 N–H and O–H groups in total. The lowest BCUT2D eigenvalue weighted by molar-refractivity contribution is 0.0941. The fraction of sp³-hybridized carbons (Fsp3) is 0.158. The predicted molar refractivity (Wildman–Crippen MR) is 95.6 cm³/mol. The Morgan fingerprint density at radius 3 is 2.72 bits per heavy atom. The van der Waals surface area contributed by atoms with Crippen molar-refractivity contribution in [2.75, 3.05) is 7.11 Å². The molecule has 1 heterocycles. The molecule has 0 saturated heterocycles. The van der Waals surface area contributed by atoms with Gasteiger partial charge in [0, 0.05) is 5.39 Å². The first-order valence-corrected chi connectivity index (χ1v) is 8.07. The Kier molecular flexibility index (Phi) is 4.86. The third-order valence-corrected chi connectivity index (χ3v) is 4.15. The van der Waals surface area contributed by atoms with Gasteiger partial charge in [-0.05, 0) is 36.8 Å². The molecule has 3 aromatic rings. The van der Waals surface area contributed by atoms with E-state index >= 15 is 0 Å². The average Bonchev–Trinajstić information content (AvgIpc) is 2.60. The van der Waals surface area contributed by atoms with Crippen LogP contribution in [0.2, 0.25) is 5.15 Å². The molecule has 1 atom stereocenters. The van der Waals surface area contributed by atoms with Gasteiger partial charge < -0.3 is 10.1 Å². The molecule has 0 bridgehead atoms. The number of fused-ring (bicyclic) bond motifs is 1. The van der Waals surface area contributed by atoms with Crippen molar-refractivity contribution >= 4 is 28.4 Å². The molecular formula is C19H16ClFN2O2. The number of rotatable bonds is 4. The number of carbonyl (C=O) groups excluding carboxylic acids is 1. The standard InChI is InChI=1S/C19H16ClFN2O2/c1-11(12-7-8-17(25-2)15(21)9-12)22-19(24)14-10-18(20)23-16-6-4-3-5-13(14)16/h3-11H,1-2H3,(H,22,24). The van der Waals surface area contributed by atoms with E-state index in [1.807, 2.05) is 18.2 Å². The van der Waals surface area contributed by atoms with Crippen LogP contribution in [0.3, 0.4) is 0 Å². The second-order valence-corrected chi connectivity index (χ2v) is 5.99. The second-order valence-electron chi connectivity index (χ2n) is 5.60. The van der Waals surface area contributed by atoms with Crippen LogP contribution in [0.25, 0.3) is 10.9 Å². The molecular weight excluding hydrogens is 343 g/mol. The highest BCUT2D eigenvalue weighted by molar-refractivity contribution is 6.30. The number of carbonyl (C=O) groups is 1. The number of hydrogen-bond acceptors (Lipinski definition) is 3. The zero-order valence-corrected chi connectivity index (χ0v) is 14.5. The van der Waals surface area contributed by atoms with Crippen LogP contribution in [-0.4, -0.2) is 18.0 Å². The lowest BCUT2D eigenvalue weighted by Crippen LogP contribution is -2.27. The molecule has 6 heteroatoms. The highest BCUT2D eigenvalue weighted by Crippen LogP contribution is 2.24. The van der Waals surface area contributed by atoms with E-state index in [0.717, 1.165) is 0 Å². The zero-order valence-electron chi connectivity index (χ0n) is 13.7. The smallest absolute Gasteiger partial charge is 0.252 e. The molecule has 3 rings (SSSR count). The van der Waals surface area contributed by atoms with Gasteiger partial charge in [0.25, 0.3) is 5.91 Å². The molecule has 0 fully saturated rings. The number of pyridine rings is 1. The molecule has 2 aromatic carbocycles. The molecule has 0 aliphatic rings. The van der Waals surface area contributed by atoms with Crippen LogP contribution in [0.1, 0.15) is 28.9 Å². The highest BCUT2D eigenvalue weighted by atomic mass is 35.5. The fourth-order valence-electron chi connectivity index (χ4n) is 2.64. The number of amides is 1. The maximum absolute atomic E-state index is 13.9. The van der Waals surface area contributed by atoms with Crippen LogP contribution in [0.5, 0.6) is 5.75 Å². The van der Waals surface area contributed by atoms with E-state index in [0.29, 0.717) is 22.0 Å². The van der Waals surface area contributed by atoms with Crippen molar-refractivity contribution in [3.63, 3.8) is 0 Å². The van der Waals surface area contributed by atoms with E-state index in [-0.39, 0.29) is 16.8 Å².